The lowest BCUT2D eigenvalue weighted by atomic mass is 9.42. The second kappa shape index (κ2) is 11.4. The van der Waals surface area contributed by atoms with E-state index in [1.807, 2.05) is 24.3 Å². The van der Waals surface area contributed by atoms with E-state index in [0.29, 0.717) is 29.2 Å². The van der Waals surface area contributed by atoms with Crippen LogP contribution in [0.5, 0.6) is 0 Å². The normalized spacial score (nSPS) is 36.9. The van der Waals surface area contributed by atoms with Gasteiger partial charge in [-0.15, -0.1) is 0 Å². The number of carbonyl (C=O) groups is 1. The Labute approximate surface area is 254 Å². The molecule has 0 heterocycles. The molecule has 4 fully saturated rings. The fraction of sp³-hybridized carbons (Fsp3) is 0.694. The third-order valence-corrected chi connectivity index (χ3v) is 14.5. The van der Waals surface area contributed by atoms with Gasteiger partial charge in [-0.1, -0.05) is 77.3 Å². The average Bonchev–Trinajstić information content (AvgIpc) is 3.33. The summed E-state index contributed by atoms with van der Waals surface area (Å²) in [5.74, 6) is 5.65. The van der Waals surface area contributed by atoms with E-state index < -0.39 is 16.1 Å². The second-order valence-corrected chi connectivity index (χ2v) is 16.7. The molecule has 9 atom stereocenters. The van der Waals surface area contributed by atoms with Crippen LogP contribution in [0.25, 0.3) is 10.8 Å². The summed E-state index contributed by atoms with van der Waals surface area (Å²) in [6.45, 7) is 10.6. The summed E-state index contributed by atoms with van der Waals surface area (Å²) in [6.07, 6.45) is 14.9. The number of urea groups is 1. The molecule has 0 saturated heterocycles. The summed E-state index contributed by atoms with van der Waals surface area (Å²) in [5, 5.41) is 4.65. The van der Waals surface area contributed by atoms with Crippen molar-refractivity contribution in [1.82, 2.24) is 10.0 Å². The molecule has 4 saturated carbocycles. The summed E-state index contributed by atoms with van der Waals surface area (Å²) in [6, 6.07) is 11.9. The number of hydrogen-bond acceptors (Lipinski definition) is 3. The molecule has 2 aromatic carbocycles. The fourth-order valence-corrected chi connectivity index (χ4v) is 12.1. The van der Waals surface area contributed by atoms with Crippen LogP contribution >= 0.6 is 0 Å². The Hall–Kier alpha value is -2.08. The first-order valence-corrected chi connectivity index (χ1v) is 18.3. The highest BCUT2D eigenvalue weighted by Gasteiger charge is 2.61. The van der Waals surface area contributed by atoms with Crippen LogP contribution < -0.4 is 10.0 Å². The number of nitrogens with one attached hydrogen (secondary N) is 2. The van der Waals surface area contributed by atoms with E-state index in [2.05, 4.69) is 37.7 Å². The molecule has 6 rings (SSSR count). The molecule has 0 radical (unpaired) electrons. The first kappa shape index (κ1) is 30.0. The van der Waals surface area contributed by atoms with Crippen molar-refractivity contribution < 1.29 is 13.2 Å². The molecule has 5 nitrogen and oxygen atoms in total. The fourth-order valence-electron chi connectivity index (χ4n) is 11.2. The van der Waals surface area contributed by atoms with Crippen LogP contribution in [0.3, 0.4) is 0 Å². The summed E-state index contributed by atoms with van der Waals surface area (Å²) in [7, 11) is -3.94. The minimum Gasteiger partial charge on any atom is -0.337 e. The van der Waals surface area contributed by atoms with E-state index in [1.165, 1.54) is 64.2 Å². The SMILES string of the molecule is CC[C@H]1C[C@H]2C3CCC([C@H](C)CCNC(=O)NS(=O)(=O)c4ccc5ccccc5c4)C3(C)CC[C@@H]2C2(C)CCCCC12. The first-order valence-electron chi connectivity index (χ1n) is 16.9. The molecule has 5 unspecified atom stereocenters. The molecule has 0 spiro atoms. The van der Waals surface area contributed by atoms with Gasteiger partial charge in [-0.05, 0) is 127 Å². The summed E-state index contributed by atoms with van der Waals surface area (Å²) >= 11 is 0. The average molecular weight is 593 g/mol. The predicted octanol–water partition coefficient (Wildman–Crippen LogP) is 8.54. The Kier molecular flexibility index (Phi) is 8.17. The van der Waals surface area contributed by atoms with E-state index in [1.54, 1.807) is 18.2 Å². The molecule has 0 bridgehead atoms. The molecule has 2 aromatic rings. The van der Waals surface area contributed by atoms with E-state index in [4.69, 9.17) is 0 Å². The molecular weight excluding hydrogens is 540 g/mol. The highest BCUT2D eigenvalue weighted by molar-refractivity contribution is 7.90. The largest absolute Gasteiger partial charge is 0.337 e. The van der Waals surface area contributed by atoms with Crippen molar-refractivity contribution in [3.8, 4) is 0 Å². The van der Waals surface area contributed by atoms with Crippen LogP contribution in [0.1, 0.15) is 98.3 Å². The smallest absolute Gasteiger partial charge is 0.328 e. The Morgan fingerprint density at radius 1 is 0.929 bits per heavy atom. The van der Waals surface area contributed by atoms with Crippen LogP contribution in [0, 0.1) is 52.3 Å². The number of fused-ring (bicyclic) bond motifs is 6. The van der Waals surface area contributed by atoms with Crippen molar-refractivity contribution in [2.24, 2.45) is 52.3 Å². The third-order valence-electron chi connectivity index (χ3n) is 13.2. The van der Waals surface area contributed by atoms with Gasteiger partial charge in [0.25, 0.3) is 10.0 Å². The van der Waals surface area contributed by atoms with E-state index in [-0.39, 0.29) is 4.90 Å². The molecular formula is C36H52N2O3S. The Balaban J connectivity index is 1.06. The van der Waals surface area contributed by atoms with E-state index in [0.717, 1.165) is 46.8 Å². The number of hydrogen-bond donors (Lipinski definition) is 2. The summed E-state index contributed by atoms with van der Waals surface area (Å²) in [5.41, 5.74) is 0.940. The number of amides is 2. The Morgan fingerprint density at radius 2 is 1.69 bits per heavy atom. The monoisotopic (exact) mass is 592 g/mol. The van der Waals surface area contributed by atoms with Gasteiger partial charge in [-0.3, -0.25) is 0 Å². The minimum absolute atomic E-state index is 0.103. The van der Waals surface area contributed by atoms with E-state index in [9.17, 15) is 13.2 Å². The maximum Gasteiger partial charge on any atom is 0.328 e. The molecule has 2 N–H and O–H groups in total. The van der Waals surface area contributed by atoms with Crippen molar-refractivity contribution in [3.63, 3.8) is 0 Å². The standard InChI is InChI=1S/C36H52N2O3S/c1-5-25-23-29-32-16-15-30(36(32,4)20-17-33(29)35(3)19-9-8-12-31(25)35)24(2)18-21-37-34(39)38-42(40,41)28-14-13-26-10-6-7-11-27(26)22-28/h6-7,10-11,13-14,22,24-25,29-33H,5,8-9,12,15-21,23H2,1-4H3,(H2,37,38,39)/t24-,25+,29+,30?,31?,32?,33+,35?,36?/m1/s1. The molecule has 4 aliphatic carbocycles. The maximum absolute atomic E-state index is 12.9. The van der Waals surface area contributed by atoms with E-state index >= 15 is 0 Å². The predicted molar refractivity (Wildman–Crippen MR) is 170 cm³/mol. The van der Waals surface area contributed by atoms with Crippen molar-refractivity contribution in [3.05, 3.63) is 42.5 Å². The zero-order valence-corrected chi connectivity index (χ0v) is 27.0. The molecule has 42 heavy (non-hydrogen) atoms. The van der Waals surface area contributed by atoms with Crippen LogP contribution in [0.2, 0.25) is 0 Å². The van der Waals surface area contributed by atoms with Gasteiger partial charge in [0.15, 0.2) is 0 Å². The van der Waals surface area contributed by atoms with Crippen LogP contribution in [-0.4, -0.2) is 21.0 Å². The molecule has 230 valence electrons. The maximum atomic E-state index is 12.9. The van der Waals surface area contributed by atoms with Gasteiger partial charge < -0.3 is 5.32 Å². The third kappa shape index (κ3) is 5.18. The second-order valence-electron chi connectivity index (χ2n) is 15.0. The molecule has 0 aliphatic heterocycles. The van der Waals surface area contributed by atoms with Gasteiger partial charge in [0.2, 0.25) is 0 Å². The molecule has 0 aromatic heterocycles. The quantitative estimate of drug-likeness (QED) is 0.338. The van der Waals surface area contributed by atoms with Crippen LogP contribution in [0.4, 0.5) is 4.79 Å². The zero-order chi connectivity index (χ0) is 29.7. The van der Waals surface area contributed by atoms with Gasteiger partial charge in [-0.25, -0.2) is 17.9 Å². The Bertz CT molecular complexity index is 1410. The topological polar surface area (TPSA) is 75.3 Å². The zero-order valence-electron chi connectivity index (χ0n) is 26.2. The van der Waals surface area contributed by atoms with Gasteiger partial charge in [0.1, 0.15) is 0 Å². The van der Waals surface area contributed by atoms with Crippen molar-refractivity contribution >= 4 is 26.8 Å². The molecule has 6 heteroatoms. The summed E-state index contributed by atoms with van der Waals surface area (Å²) < 4.78 is 28.0. The van der Waals surface area contributed by atoms with Crippen LogP contribution in [-0.2, 0) is 10.0 Å². The minimum atomic E-state index is -3.94. The number of rotatable bonds is 7. The first-order chi connectivity index (χ1) is 20.1. The van der Waals surface area contributed by atoms with Crippen LogP contribution in [0.15, 0.2) is 47.4 Å². The molecule has 2 amide bonds. The highest BCUT2D eigenvalue weighted by atomic mass is 32.2. The van der Waals surface area contributed by atoms with Gasteiger partial charge in [-0.2, -0.15) is 0 Å². The lowest BCUT2D eigenvalue weighted by molar-refractivity contribution is -0.138. The van der Waals surface area contributed by atoms with Gasteiger partial charge in [0, 0.05) is 6.54 Å². The van der Waals surface area contributed by atoms with Gasteiger partial charge in [0.05, 0.1) is 4.90 Å². The lowest BCUT2D eigenvalue weighted by Crippen LogP contribution is -2.55. The number of sulfonamides is 1. The Morgan fingerprint density at radius 3 is 2.48 bits per heavy atom. The highest BCUT2D eigenvalue weighted by Crippen LogP contribution is 2.69. The van der Waals surface area contributed by atoms with Crippen molar-refractivity contribution in [2.75, 3.05) is 6.54 Å². The summed E-state index contributed by atoms with van der Waals surface area (Å²) in [4.78, 5) is 12.8. The van der Waals surface area contributed by atoms with Gasteiger partial charge >= 0.3 is 6.03 Å². The molecule has 4 aliphatic rings. The van der Waals surface area contributed by atoms with Crippen molar-refractivity contribution in [1.29, 1.82) is 0 Å². The number of carbonyl (C=O) groups excluding carboxylic acids is 1. The lowest BCUT2D eigenvalue weighted by Gasteiger charge is -2.63. The van der Waals surface area contributed by atoms with Crippen molar-refractivity contribution in [2.45, 2.75) is 103 Å². The number of benzene rings is 2.